The van der Waals surface area contributed by atoms with Gasteiger partial charge in [0.05, 0.1) is 11.9 Å². The molecule has 0 unspecified atom stereocenters. The number of aromatic nitrogens is 2. The Morgan fingerprint density at radius 1 is 0.970 bits per heavy atom. The number of nitrogens with one attached hydrogen (secondary N) is 3. The summed E-state index contributed by atoms with van der Waals surface area (Å²) < 4.78 is 5.09. The van der Waals surface area contributed by atoms with Crippen LogP contribution in [0.15, 0.2) is 66.9 Å². The maximum atomic E-state index is 12.1. The van der Waals surface area contributed by atoms with E-state index in [2.05, 4.69) is 31.0 Å². The van der Waals surface area contributed by atoms with Crippen molar-refractivity contribution in [2.45, 2.75) is 19.4 Å². The zero-order chi connectivity index (χ0) is 22.9. The van der Waals surface area contributed by atoms with Crippen LogP contribution < -0.4 is 20.9 Å². The van der Waals surface area contributed by atoms with Crippen LogP contribution in [0.25, 0.3) is 0 Å². The molecule has 2 heterocycles. The van der Waals surface area contributed by atoms with Gasteiger partial charge in [0.2, 0.25) is 5.91 Å². The second kappa shape index (κ2) is 10.9. The Hall–Kier alpha value is -4.14. The molecule has 0 aliphatic carbocycles. The second-order valence-corrected chi connectivity index (χ2v) is 7.66. The summed E-state index contributed by atoms with van der Waals surface area (Å²) in [5, 5.41) is 16.6. The predicted molar refractivity (Wildman–Crippen MR) is 126 cm³/mol. The zero-order valence-electron chi connectivity index (χ0n) is 18.2. The molecule has 0 spiro atoms. The Labute approximate surface area is 192 Å². The van der Waals surface area contributed by atoms with Gasteiger partial charge in [-0.25, -0.2) is 4.79 Å². The number of benzene rings is 2. The van der Waals surface area contributed by atoms with E-state index in [1.54, 1.807) is 18.3 Å². The largest absolute Gasteiger partial charge is 0.445 e. The van der Waals surface area contributed by atoms with E-state index in [4.69, 9.17) is 4.74 Å². The quantitative estimate of drug-likeness (QED) is 0.484. The van der Waals surface area contributed by atoms with Crippen molar-refractivity contribution in [1.82, 2.24) is 15.5 Å². The van der Waals surface area contributed by atoms with Crippen LogP contribution >= 0.6 is 0 Å². The molecule has 1 aliphatic heterocycles. The van der Waals surface area contributed by atoms with Gasteiger partial charge in [0, 0.05) is 30.5 Å². The third-order valence-electron chi connectivity index (χ3n) is 5.16. The van der Waals surface area contributed by atoms with Crippen LogP contribution in [0, 0.1) is 0 Å². The Kier molecular flexibility index (Phi) is 7.32. The Balaban J connectivity index is 1.21. The van der Waals surface area contributed by atoms with Crippen molar-refractivity contribution in [3.05, 3.63) is 72.4 Å². The van der Waals surface area contributed by atoms with Crippen molar-refractivity contribution >= 4 is 34.9 Å². The minimum Gasteiger partial charge on any atom is -0.445 e. The molecule has 0 atom stereocenters. The molecule has 1 aliphatic rings. The normalized spacial score (nSPS) is 12.8. The standard InChI is InChI=1S/C24H26N6O3/c31-23(16-25-24(32)33-17-18-6-2-1-3-7-18)28-20-10-8-19(9-11-20)27-22-14-21(15-26-29-22)30-12-4-5-13-30/h1-3,6-11,14-15H,4-5,12-13,16-17H2,(H,25,32)(H,27,29)(H,28,31). The first-order valence-corrected chi connectivity index (χ1v) is 10.8. The molecular formula is C24H26N6O3. The monoisotopic (exact) mass is 446 g/mol. The van der Waals surface area contributed by atoms with Crippen molar-refractivity contribution in [2.75, 3.05) is 35.2 Å². The van der Waals surface area contributed by atoms with E-state index in [1.165, 1.54) is 12.8 Å². The number of alkyl carbamates (subject to hydrolysis) is 1. The fourth-order valence-electron chi connectivity index (χ4n) is 3.48. The molecule has 1 saturated heterocycles. The maximum absolute atomic E-state index is 12.1. The fraction of sp³-hybridized carbons (Fsp3) is 0.250. The van der Waals surface area contributed by atoms with Crippen molar-refractivity contribution in [3.8, 4) is 0 Å². The van der Waals surface area contributed by atoms with Crippen molar-refractivity contribution < 1.29 is 14.3 Å². The lowest BCUT2D eigenvalue weighted by Crippen LogP contribution is -2.33. The molecule has 0 radical (unpaired) electrons. The first-order valence-electron chi connectivity index (χ1n) is 10.8. The number of rotatable bonds is 8. The predicted octanol–water partition coefficient (Wildman–Crippen LogP) is 3.69. The van der Waals surface area contributed by atoms with E-state index in [0.717, 1.165) is 30.0 Å². The van der Waals surface area contributed by atoms with Crippen LogP contribution in [0.2, 0.25) is 0 Å². The van der Waals surface area contributed by atoms with Gasteiger partial charge in [0.15, 0.2) is 5.82 Å². The number of hydrogen-bond acceptors (Lipinski definition) is 7. The molecule has 1 fully saturated rings. The van der Waals surface area contributed by atoms with Crippen LogP contribution in [0.1, 0.15) is 18.4 Å². The molecule has 2 aromatic carbocycles. The summed E-state index contributed by atoms with van der Waals surface area (Å²) in [7, 11) is 0. The average molecular weight is 447 g/mol. The molecule has 3 N–H and O–H groups in total. The van der Waals surface area contributed by atoms with Crippen LogP contribution in [0.3, 0.4) is 0 Å². The van der Waals surface area contributed by atoms with Gasteiger partial charge in [-0.15, -0.1) is 5.10 Å². The highest BCUT2D eigenvalue weighted by atomic mass is 16.5. The van der Waals surface area contributed by atoms with Gasteiger partial charge in [-0.05, 0) is 42.7 Å². The van der Waals surface area contributed by atoms with Crippen molar-refractivity contribution in [1.29, 1.82) is 0 Å². The maximum Gasteiger partial charge on any atom is 0.407 e. The fourth-order valence-corrected chi connectivity index (χ4v) is 3.48. The summed E-state index contributed by atoms with van der Waals surface area (Å²) in [6, 6.07) is 18.5. The van der Waals surface area contributed by atoms with Gasteiger partial charge in [0.1, 0.15) is 13.2 Å². The molecule has 9 heteroatoms. The zero-order valence-corrected chi connectivity index (χ0v) is 18.2. The Morgan fingerprint density at radius 2 is 1.70 bits per heavy atom. The van der Waals surface area contributed by atoms with E-state index < -0.39 is 6.09 Å². The number of carbonyl (C=O) groups is 2. The first kappa shape index (κ1) is 22.1. The van der Waals surface area contributed by atoms with E-state index in [0.29, 0.717) is 11.5 Å². The highest BCUT2D eigenvalue weighted by Gasteiger charge is 2.13. The molecule has 0 saturated carbocycles. The van der Waals surface area contributed by atoms with E-state index in [-0.39, 0.29) is 19.1 Å². The van der Waals surface area contributed by atoms with Gasteiger partial charge >= 0.3 is 6.09 Å². The van der Waals surface area contributed by atoms with Crippen molar-refractivity contribution in [3.63, 3.8) is 0 Å². The molecule has 1 aromatic heterocycles. The van der Waals surface area contributed by atoms with Crippen LogP contribution in [0.4, 0.5) is 27.7 Å². The number of anilines is 4. The van der Waals surface area contributed by atoms with E-state index >= 15 is 0 Å². The molecule has 2 amide bonds. The average Bonchev–Trinajstić information content (AvgIpc) is 3.39. The topological polar surface area (TPSA) is 108 Å². The number of nitrogens with zero attached hydrogens (tertiary/aromatic N) is 3. The molecule has 9 nitrogen and oxygen atoms in total. The summed E-state index contributed by atoms with van der Waals surface area (Å²) in [5.41, 5.74) is 3.37. The number of ether oxygens (including phenoxy) is 1. The lowest BCUT2D eigenvalue weighted by atomic mass is 10.2. The molecule has 0 bridgehead atoms. The van der Waals surface area contributed by atoms with E-state index in [9.17, 15) is 9.59 Å². The van der Waals surface area contributed by atoms with Crippen molar-refractivity contribution in [2.24, 2.45) is 0 Å². The lowest BCUT2D eigenvalue weighted by molar-refractivity contribution is -0.115. The third kappa shape index (κ3) is 6.67. The minimum atomic E-state index is -0.647. The first-order chi connectivity index (χ1) is 16.2. The number of amides is 2. The molecule has 3 aromatic rings. The minimum absolute atomic E-state index is 0.147. The summed E-state index contributed by atoms with van der Waals surface area (Å²) in [5.74, 6) is 0.311. The number of carbonyl (C=O) groups excluding carboxylic acids is 2. The Bertz CT molecular complexity index is 1070. The van der Waals surface area contributed by atoms with E-state index in [1.807, 2.05) is 48.5 Å². The second-order valence-electron chi connectivity index (χ2n) is 7.66. The van der Waals surface area contributed by atoms with Crippen LogP contribution in [0.5, 0.6) is 0 Å². The molecular weight excluding hydrogens is 420 g/mol. The van der Waals surface area contributed by atoms with Gasteiger partial charge in [-0.3, -0.25) is 4.79 Å². The molecule has 4 rings (SSSR count). The number of hydrogen-bond donors (Lipinski definition) is 3. The smallest absolute Gasteiger partial charge is 0.407 e. The van der Waals surface area contributed by atoms with Crippen LogP contribution in [-0.2, 0) is 16.1 Å². The van der Waals surface area contributed by atoms with Gasteiger partial charge in [-0.2, -0.15) is 5.10 Å². The third-order valence-corrected chi connectivity index (χ3v) is 5.16. The highest BCUT2D eigenvalue weighted by molar-refractivity contribution is 5.94. The summed E-state index contributed by atoms with van der Waals surface area (Å²) >= 11 is 0. The van der Waals surface area contributed by atoms with Gasteiger partial charge < -0.3 is 25.6 Å². The van der Waals surface area contributed by atoms with Gasteiger partial charge in [-0.1, -0.05) is 30.3 Å². The summed E-state index contributed by atoms with van der Waals surface area (Å²) in [6.45, 7) is 2.04. The summed E-state index contributed by atoms with van der Waals surface area (Å²) in [4.78, 5) is 26.2. The highest BCUT2D eigenvalue weighted by Crippen LogP contribution is 2.23. The lowest BCUT2D eigenvalue weighted by Gasteiger charge is -2.17. The molecule has 33 heavy (non-hydrogen) atoms. The van der Waals surface area contributed by atoms with Gasteiger partial charge in [0.25, 0.3) is 0 Å². The SMILES string of the molecule is O=C(CNC(=O)OCc1ccccc1)Nc1ccc(Nc2cc(N3CCCC3)cnn2)cc1. The molecule has 170 valence electrons. The van der Waals surface area contributed by atoms with Crippen LogP contribution in [-0.4, -0.2) is 41.8 Å². The Morgan fingerprint density at radius 3 is 2.45 bits per heavy atom. The summed E-state index contributed by atoms with van der Waals surface area (Å²) in [6.07, 6.45) is 3.53.